The maximum absolute atomic E-state index is 13.9. The molecule has 0 spiro atoms. The average molecular weight is 288 g/mol. The van der Waals surface area contributed by atoms with E-state index in [2.05, 4.69) is 5.43 Å². The Balaban J connectivity index is 1.98. The van der Waals surface area contributed by atoms with Gasteiger partial charge in [0.05, 0.1) is 12.6 Å². The summed E-state index contributed by atoms with van der Waals surface area (Å²) in [4.78, 5) is 0. The van der Waals surface area contributed by atoms with Crippen molar-refractivity contribution in [2.75, 3.05) is 6.61 Å². The Hall–Kier alpha value is -1.91. The molecule has 3 N–H and O–H groups in total. The van der Waals surface area contributed by atoms with Crippen LogP contribution in [0, 0.1) is 19.7 Å². The number of hydrogen-bond donors (Lipinski definition) is 2. The van der Waals surface area contributed by atoms with Crippen molar-refractivity contribution in [3.8, 4) is 5.75 Å². The Morgan fingerprint density at radius 2 is 1.90 bits per heavy atom. The van der Waals surface area contributed by atoms with E-state index in [1.54, 1.807) is 6.07 Å². The molecule has 21 heavy (non-hydrogen) atoms. The van der Waals surface area contributed by atoms with Crippen LogP contribution in [0.15, 0.2) is 42.5 Å². The number of ether oxygens (including phenoxy) is 1. The van der Waals surface area contributed by atoms with E-state index < -0.39 is 0 Å². The molecule has 3 nitrogen and oxygen atoms in total. The largest absolute Gasteiger partial charge is 0.494 e. The lowest BCUT2D eigenvalue weighted by Gasteiger charge is -2.18. The average Bonchev–Trinajstić information content (AvgIpc) is 2.47. The predicted octanol–water partition coefficient (Wildman–Crippen LogP) is 3.42. The normalized spacial score (nSPS) is 12.2. The van der Waals surface area contributed by atoms with Gasteiger partial charge in [-0.15, -0.1) is 0 Å². The van der Waals surface area contributed by atoms with Crippen molar-refractivity contribution < 1.29 is 9.13 Å². The highest BCUT2D eigenvalue weighted by atomic mass is 19.1. The first-order chi connectivity index (χ1) is 10.1. The quantitative estimate of drug-likeness (QED) is 0.632. The molecule has 0 heterocycles. The minimum atomic E-state index is -0.269. The molecule has 0 saturated carbocycles. The molecule has 112 valence electrons. The highest BCUT2D eigenvalue weighted by Gasteiger charge is 2.14. The highest BCUT2D eigenvalue weighted by molar-refractivity contribution is 5.28. The van der Waals surface area contributed by atoms with Gasteiger partial charge in [0.25, 0.3) is 0 Å². The van der Waals surface area contributed by atoms with Crippen LogP contribution in [0.25, 0.3) is 0 Å². The number of benzene rings is 2. The number of halogens is 1. The summed E-state index contributed by atoms with van der Waals surface area (Å²) in [6.07, 6.45) is 0.588. The Morgan fingerprint density at radius 3 is 2.62 bits per heavy atom. The molecule has 0 aromatic heterocycles. The van der Waals surface area contributed by atoms with Crippen molar-refractivity contribution in [1.29, 1.82) is 0 Å². The number of rotatable bonds is 6. The minimum absolute atomic E-state index is 0.251. The van der Waals surface area contributed by atoms with Crippen molar-refractivity contribution in [3.05, 3.63) is 65.0 Å². The molecule has 0 aliphatic heterocycles. The third-order valence-electron chi connectivity index (χ3n) is 3.39. The van der Waals surface area contributed by atoms with Crippen LogP contribution >= 0.6 is 0 Å². The summed E-state index contributed by atoms with van der Waals surface area (Å²) < 4.78 is 19.6. The predicted molar refractivity (Wildman–Crippen MR) is 82.5 cm³/mol. The van der Waals surface area contributed by atoms with Gasteiger partial charge >= 0.3 is 0 Å². The third-order valence-corrected chi connectivity index (χ3v) is 3.39. The number of aryl methyl sites for hydroxylation is 2. The minimum Gasteiger partial charge on any atom is -0.494 e. The van der Waals surface area contributed by atoms with Crippen LogP contribution in [0.1, 0.15) is 29.2 Å². The van der Waals surface area contributed by atoms with E-state index in [-0.39, 0.29) is 11.9 Å². The molecule has 0 radical (unpaired) electrons. The molecule has 0 aliphatic carbocycles. The number of hydrogen-bond acceptors (Lipinski definition) is 3. The molecular weight excluding hydrogens is 267 g/mol. The molecule has 2 aromatic carbocycles. The maximum atomic E-state index is 13.9. The Labute approximate surface area is 124 Å². The maximum Gasteiger partial charge on any atom is 0.128 e. The lowest BCUT2D eigenvalue weighted by Crippen LogP contribution is -2.30. The lowest BCUT2D eigenvalue weighted by atomic mass is 10.0. The van der Waals surface area contributed by atoms with E-state index >= 15 is 0 Å². The van der Waals surface area contributed by atoms with Crippen LogP contribution in [0.3, 0.4) is 0 Å². The second kappa shape index (κ2) is 7.20. The van der Waals surface area contributed by atoms with Gasteiger partial charge in [-0.05, 0) is 37.6 Å². The van der Waals surface area contributed by atoms with Crippen molar-refractivity contribution in [1.82, 2.24) is 5.43 Å². The number of nitrogens with one attached hydrogen (secondary N) is 1. The van der Waals surface area contributed by atoms with Gasteiger partial charge in [-0.1, -0.05) is 29.8 Å². The summed E-state index contributed by atoms with van der Waals surface area (Å²) in [5, 5.41) is 0. The summed E-state index contributed by atoms with van der Waals surface area (Å²) in [7, 11) is 0. The Kier molecular flexibility index (Phi) is 5.31. The number of hydrazine groups is 1. The van der Waals surface area contributed by atoms with Gasteiger partial charge in [0.2, 0.25) is 0 Å². The Bertz CT molecular complexity index is 601. The van der Waals surface area contributed by atoms with E-state index in [0.29, 0.717) is 18.6 Å². The summed E-state index contributed by atoms with van der Waals surface area (Å²) in [5.74, 6) is 6.12. The van der Waals surface area contributed by atoms with Gasteiger partial charge in [-0.3, -0.25) is 11.3 Å². The molecule has 2 aromatic rings. The van der Waals surface area contributed by atoms with Gasteiger partial charge < -0.3 is 4.74 Å². The van der Waals surface area contributed by atoms with E-state index in [4.69, 9.17) is 10.6 Å². The summed E-state index contributed by atoms with van der Waals surface area (Å²) >= 11 is 0. The molecule has 0 bridgehead atoms. The molecule has 1 unspecified atom stereocenters. The first-order valence-electron chi connectivity index (χ1n) is 7.02. The molecular formula is C17H21FN2O. The standard InChI is InChI=1S/C17H21FN2O/c1-12-4-3-5-14(10-12)21-9-8-17(20-19)15-11-13(2)6-7-16(15)18/h3-7,10-11,17,20H,8-9,19H2,1-2H3. The van der Waals surface area contributed by atoms with Gasteiger partial charge in [-0.2, -0.15) is 0 Å². The summed E-state index contributed by atoms with van der Waals surface area (Å²) in [5.41, 5.74) is 5.39. The van der Waals surface area contributed by atoms with E-state index in [9.17, 15) is 4.39 Å². The summed E-state index contributed by atoms with van der Waals surface area (Å²) in [6.45, 7) is 4.41. The molecule has 0 fully saturated rings. The highest BCUT2D eigenvalue weighted by Crippen LogP contribution is 2.21. The second-order valence-electron chi connectivity index (χ2n) is 5.20. The van der Waals surface area contributed by atoms with Crippen LogP contribution in [-0.4, -0.2) is 6.61 Å². The molecule has 0 saturated heterocycles. The first-order valence-corrected chi connectivity index (χ1v) is 7.02. The van der Waals surface area contributed by atoms with Gasteiger partial charge in [0, 0.05) is 12.0 Å². The summed E-state index contributed by atoms with van der Waals surface area (Å²) in [6, 6.07) is 12.6. The van der Waals surface area contributed by atoms with Gasteiger partial charge in [0.1, 0.15) is 11.6 Å². The van der Waals surface area contributed by atoms with Crippen molar-refractivity contribution in [3.63, 3.8) is 0 Å². The zero-order chi connectivity index (χ0) is 15.2. The second-order valence-corrected chi connectivity index (χ2v) is 5.20. The van der Waals surface area contributed by atoms with Gasteiger partial charge in [-0.25, -0.2) is 4.39 Å². The SMILES string of the molecule is Cc1cccc(OCCC(NN)c2cc(C)ccc2F)c1. The van der Waals surface area contributed by atoms with E-state index in [1.165, 1.54) is 6.07 Å². The molecule has 0 aliphatic rings. The van der Waals surface area contributed by atoms with Crippen LogP contribution < -0.4 is 16.0 Å². The number of nitrogens with two attached hydrogens (primary N) is 1. The monoisotopic (exact) mass is 288 g/mol. The smallest absolute Gasteiger partial charge is 0.128 e. The fourth-order valence-corrected chi connectivity index (χ4v) is 2.26. The van der Waals surface area contributed by atoms with Crippen LogP contribution in [0.5, 0.6) is 5.75 Å². The zero-order valence-corrected chi connectivity index (χ0v) is 12.4. The van der Waals surface area contributed by atoms with Crippen LogP contribution in [-0.2, 0) is 0 Å². The zero-order valence-electron chi connectivity index (χ0n) is 12.4. The van der Waals surface area contributed by atoms with E-state index in [0.717, 1.165) is 16.9 Å². The first kappa shape index (κ1) is 15.5. The van der Waals surface area contributed by atoms with Crippen LogP contribution in [0.4, 0.5) is 4.39 Å². The van der Waals surface area contributed by atoms with Crippen LogP contribution in [0.2, 0.25) is 0 Å². The third kappa shape index (κ3) is 4.28. The molecule has 0 amide bonds. The van der Waals surface area contributed by atoms with Gasteiger partial charge in [0.15, 0.2) is 0 Å². The lowest BCUT2D eigenvalue weighted by molar-refractivity contribution is 0.285. The molecule has 4 heteroatoms. The van der Waals surface area contributed by atoms with E-state index in [1.807, 2.05) is 44.2 Å². The van der Waals surface area contributed by atoms with Crippen molar-refractivity contribution >= 4 is 0 Å². The topological polar surface area (TPSA) is 47.3 Å². The molecule has 2 rings (SSSR count). The Morgan fingerprint density at radius 1 is 1.14 bits per heavy atom. The van der Waals surface area contributed by atoms with Crippen molar-refractivity contribution in [2.45, 2.75) is 26.3 Å². The molecule has 1 atom stereocenters. The fourth-order valence-electron chi connectivity index (χ4n) is 2.26. The fraction of sp³-hybridized carbons (Fsp3) is 0.294. The van der Waals surface area contributed by atoms with Crippen molar-refractivity contribution in [2.24, 2.45) is 5.84 Å².